The van der Waals surface area contributed by atoms with Crippen molar-refractivity contribution in [3.05, 3.63) is 45.1 Å². The molecule has 1 aliphatic rings. The number of hydrogen-bond acceptors (Lipinski definition) is 5. The number of H-pyrrole nitrogens is 1. The van der Waals surface area contributed by atoms with E-state index in [-0.39, 0.29) is 5.56 Å². The number of thioether (sulfide) groups is 1. The molecule has 0 amide bonds. The molecule has 0 unspecified atom stereocenters. The molecule has 1 aliphatic carbocycles. The number of fused-ring (bicyclic) bond motifs is 5. The van der Waals surface area contributed by atoms with Crippen LogP contribution in [0.1, 0.15) is 10.4 Å². The van der Waals surface area contributed by atoms with E-state index in [2.05, 4.69) is 28.2 Å². The summed E-state index contributed by atoms with van der Waals surface area (Å²) in [5.74, 6) is 0.777. The maximum absolute atomic E-state index is 12.6. The second kappa shape index (κ2) is 6.11. The highest BCUT2D eigenvalue weighted by Crippen LogP contribution is 2.42. The largest absolute Gasteiger partial charge is 0.384 e. The lowest BCUT2D eigenvalue weighted by Gasteiger charge is -2.15. The van der Waals surface area contributed by atoms with E-state index in [4.69, 9.17) is 4.74 Å². The Morgan fingerprint density at radius 3 is 3.09 bits per heavy atom. The Morgan fingerprint density at radius 2 is 2.22 bits per heavy atom. The van der Waals surface area contributed by atoms with Gasteiger partial charge >= 0.3 is 0 Å². The van der Waals surface area contributed by atoms with Gasteiger partial charge in [0.05, 0.1) is 12.0 Å². The molecule has 2 aromatic heterocycles. The molecule has 0 saturated heterocycles. The van der Waals surface area contributed by atoms with Crippen LogP contribution in [0.3, 0.4) is 0 Å². The Kier molecular flexibility index (Phi) is 3.97. The molecule has 0 bridgehead atoms. The lowest BCUT2D eigenvalue weighted by Crippen LogP contribution is -2.10. The number of benzene rings is 1. The van der Waals surface area contributed by atoms with Gasteiger partial charge in [-0.25, -0.2) is 4.98 Å². The van der Waals surface area contributed by atoms with Gasteiger partial charge in [0, 0.05) is 23.3 Å². The second-order valence-corrected chi connectivity index (χ2v) is 7.62. The van der Waals surface area contributed by atoms with Crippen molar-refractivity contribution >= 4 is 33.3 Å². The first-order valence-electron chi connectivity index (χ1n) is 7.53. The molecule has 1 aromatic carbocycles. The number of rotatable bonds is 4. The maximum Gasteiger partial charge on any atom is 0.260 e. The van der Waals surface area contributed by atoms with Gasteiger partial charge in [-0.15, -0.1) is 11.3 Å². The summed E-state index contributed by atoms with van der Waals surface area (Å²) in [5.41, 5.74) is 3.56. The first kappa shape index (κ1) is 14.9. The summed E-state index contributed by atoms with van der Waals surface area (Å²) >= 11 is 3.18. The summed E-state index contributed by atoms with van der Waals surface area (Å²) in [4.78, 5) is 22.3. The molecule has 118 valence electrons. The van der Waals surface area contributed by atoms with Gasteiger partial charge in [0.15, 0.2) is 5.16 Å². The Hall–Kier alpha value is -1.63. The van der Waals surface area contributed by atoms with Crippen molar-refractivity contribution in [2.45, 2.75) is 18.0 Å². The van der Waals surface area contributed by atoms with Crippen LogP contribution >= 0.6 is 23.1 Å². The zero-order valence-electron chi connectivity index (χ0n) is 12.7. The van der Waals surface area contributed by atoms with Crippen LogP contribution in [-0.4, -0.2) is 29.4 Å². The minimum Gasteiger partial charge on any atom is -0.384 e. The number of ether oxygens (including phenoxy) is 1. The molecule has 1 N–H and O–H groups in total. The van der Waals surface area contributed by atoms with Gasteiger partial charge < -0.3 is 9.72 Å². The summed E-state index contributed by atoms with van der Waals surface area (Å²) in [7, 11) is 1.67. The van der Waals surface area contributed by atoms with Gasteiger partial charge in [-0.1, -0.05) is 36.0 Å². The highest BCUT2D eigenvalue weighted by molar-refractivity contribution is 7.99. The number of hydrogen-bond donors (Lipinski definition) is 1. The maximum atomic E-state index is 12.6. The number of nitrogens with one attached hydrogen (secondary N) is 1. The fraction of sp³-hybridized carbons (Fsp3) is 0.294. The molecule has 0 spiro atoms. The predicted molar refractivity (Wildman–Crippen MR) is 95.7 cm³/mol. The zero-order valence-corrected chi connectivity index (χ0v) is 14.4. The van der Waals surface area contributed by atoms with E-state index in [1.54, 1.807) is 18.4 Å². The Morgan fingerprint density at radius 1 is 1.35 bits per heavy atom. The number of aromatic nitrogens is 2. The fourth-order valence-corrected chi connectivity index (χ4v) is 5.02. The van der Waals surface area contributed by atoms with Crippen LogP contribution in [0.15, 0.2) is 34.2 Å². The molecule has 0 saturated carbocycles. The van der Waals surface area contributed by atoms with Crippen LogP contribution in [0.5, 0.6) is 0 Å². The van der Waals surface area contributed by atoms with Crippen molar-refractivity contribution in [1.29, 1.82) is 0 Å². The zero-order chi connectivity index (χ0) is 15.8. The molecule has 0 atom stereocenters. The highest BCUT2D eigenvalue weighted by atomic mass is 32.2. The number of aryl methyl sites for hydroxylation is 2. The molecule has 3 aromatic rings. The van der Waals surface area contributed by atoms with Crippen LogP contribution in [0.2, 0.25) is 0 Å². The molecule has 0 aliphatic heterocycles. The van der Waals surface area contributed by atoms with E-state index < -0.39 is 0 Å². The van der Waals surface area contributed by atoms with Gasteiger partial charge in [0.25, 0.3) is 5.56 Å². The summed E-state index contributed by atoms with van der Waals surface area (Å²) in [6.45, 7) is 0.640. The van der Waals surface area contributed by atoms with E-state index in [1.165, 1.54) is 27.8 Å². The van der Waals surface area contributed by atoms with Crippen LogP contribution in [0, 0.1) is 0 Å². The van der Waals surface area contributed by atoms with Crippen LogP contribution < -0.4 is 5.56 Å². The third-order valence-electron chi connectivity index (χ3n) is 4.05. The normalized spacial score (nSPS) is 13.1. The first-order valence-corrected chi connectivity index (χ1v) is 9.34. The Labute approximate surface area is 141 Å². The number of methoxy groups -OCH3 is 1. The molecule has 4 nitrogen and oxygen atoms in total. The molecule has 2 heterocycles. The number of nitrogens with zero attached hydrogens (tertiary/aromatic N) is 1. The van der Waals surface area contributed by atoms with Gasteiger partial charge in [-0.05, 0) is 24.0 Å². The average molecular weight is 344 g/mol. The fourth-order valence-electron chi connectivity index (χ4n) is 3.02. The van der Waals surface area contributed by atoms with E-state index in [0.29, 0.717) is 11.8 Å². The van der Waals surface area contributed by atoms with Crippen LogP contribution in [0.25, 0.3) is 21.3 Å². The van der Waals surface area contributed by atoms with Crippen molar-refractivity contribution < 1.29 is 4.74 Å². The molecular formula is C17H16N2O2S2. The number of thiophene rings is 1. The summed E-state index contributed by atoms with van der Waals surface area (Å²) < 4.78 is 5.05. The summed E-state index contributed by atoms with van der Waals surface area (Å²) in [6, 6.07) is 8.36. The molecular weight excluding hydrogens is 328 g/mol. The minimum atomic E-state index is -0.0379. The molecule has 4 rings (SSSR count). The van der Waals surface area contributed by atoms with Gasteiger partial charge in [0.2, 0.25) is 0 Å². The van der Waals surface area contributed by atoms with E-state index in [9.17, 15) is 4.79 Å². The van der Waals surface area contributed by atoms with E-state index >= 15 is 0 Å². The lowest BCUT2D eigenvalue weighted by molar-refractivity contribution is 0.218. The average Bonchev–Trinajstić information content (AvgIpc) is 2.94. The van der Waals surface area contributed by atoms with Crippen molar-refractivity contribution in [3.63, 3.8) is 0 Å². The monoisotopic (exact) mass is 344 g/mol. The van der Waals surface area contributed by atoms with Crippen molar-refractivity contribution in [2.24, 2.45) is 0 Å². The predicted octanol–water partition coefficient (Wildman–Crippen LogP) is 3.49. The van der Waals surface area contributed by atoms with Gasteiger partial charge in [-0.3, -0.25) is 4.79 Å². The smallest absolute Gasteiger partial charge is 0.260 e. The third kappa shape index (κ3) is 2.60. The number of aromatic amines is 1. The Bertz CT molecular complexity index is 930. The van der Waals surface area contributed by atoms with Crippen molar-refractivity contribution in [1.82, 2.24) is 9.97 Å². The molecule has 6 heteroatoms. The Balaban J connectivity index is 1.85. The SMILES string of the molecule is COCCSc1nc2sc3c(c2c(=O)[nH]1)-c1ccccc1CC3. The quantitative estimate of drug-likeness (QED) is 0.447. The van der Waals surface area contributed by atoms with Crippen LogP contribution in [-0.2, 0) is 17.6 Å². The van der Waals surface area contributed by atoms with Gasteiger partial charge in [-0.2, -0.15) is 0 Å². The molecule has 0 fully saturated rings. The van der Waals surface area contributed by atoms with Crippen LogP contribution in [0.4, 0.5) is 0 Å². The third-order valence-corrected chi connectivity index (χ3v) is 6.03. The minimum absolute atomic E-state index is 0.0379. The van der Waals surface area contributed by atoms with Gasteiger partial charge in [0.1, 0.15) is 4.83 Å². The van der Waals surface area contributed by atoms with E-state index in [1.807, 2.05) is 6.07 Å². The first-order chi connectivity index (χ1) is 11.3. The standard InChI is InChI=1S/C17H16N2O2S2/c1-21-8-9-22-17-18-15(20)14-13-11-5-3-2-4-10(11)6-7-12(13)23-16(14)19-17/h2-5H,6-9H2,1H3,(H,18,19,20). The highest BCUT2D eigenvalue weighted by Gasteiger charge is 2.23. The van der Waals surface area contributed by atoms with E-state index in [0.717, 1.165) is 34.4 Å². The molecule has 0 radical (unpaired) electrons. The lowest BCUT2D eigenvalue weighted by atomic mass is 9.89. The van der Waals surface area contributed by atoms with Crippen molar-refractivity contribution in [3.8, 4) is 11.1 Å². The molecule has 23 heavy (non-hydrogen) atoms. The second-order valence-electron chi connectivity index (χ2n) is 5.45. The van der Waals surface area contributed by atoms with Crippen molar-refractivity contribution in [2.75, 3.05) is 19.5 Å². The summed E-state index contributed by atoms with van der Waals surface area (Å²) in [6.07, 6.45) is 2.02. The summed E-state index contributed by atoms with van der Waals surface area (Å²) in [5, 5.41) is 1.42. The topological polar surface area (TPSA) is 55.0 Å².